The zero-order valence-corrected chi connectivity index (χ0v) is 9.05. The van der Waals surface area contributed by atoms with Gasteiger partial charge in [0.2, 0.25) is 5.91 Å². The molecule has 0 radical (unpaired) electrons. The lowest BCUT2D eigenvalue weighted by Gasteiger charge is -2.31. The van der Waals surface area contributed by atoms with Gasteiger partial charge in [-0.15, -0.1) is 0 Å². The van der Waals surface area contributed by atoms with E-state index in [0.717, 1.165) is 31.5 Å². The van der Waals surface area contributed by atoms with Crippen molar-refractivity contribution in [3.05, 3.63) is 0 Å². The van der Waals surface area contributed by atoms with Crippen LogP contribution in [0.3, 0.4) is 0 Å². The Kier molecular flexibility index (Phi) is 2.77. The van der Waals surface area contributed by atoms with Gasteiger partial charge >= 0.3 is 0 Å². The Labute approximate surface area is 85.6 Å². The second-order valence-corrected chi connectivity index (χ2v) is 4.93. The van der Waals surface area contributed by atoms with Crippen molar-refractivity contribution >= 4 is 5.91 Å². The SMILES string of the molecule is CC1CC1CNC(=O)C(C)C1CNC1. The third-order valence-electron chi connectivity index (χ3n) is 3.75. The van der Waals surface area contributed by atoms with Crippen molar-refractivity contribution in [1.82, 2.24) is 10.6 Å². The van der Waals surface area contributed by atoms with E-state index in [1.807, 2.05) is 6.92 Å². The monoisotopic (exact) mass is 196 g/mol. The number of hydrogen-bond donors (Lipinski definition) is 2. The normalized spacial score (nSPS) is 33.3. The van der Waals surface area contributed by atoms with Crippen LogP contribution in [0.2, 0.25) is 0 Å². The van der Waals surface area contributed by atoms with Crippen molar-refractivity contribution in [2.75, 3.05) is 19.6 Å². The Morgan fingerprint density at radius 1 is 1.57 bits per heavy atom. The molecule has 2 rings (SSSR count). The van der Waals surface area contributed by atoms with E-state index in [2.05, 4.69) is 17.6 Å². The van der Waals surface area contributed by atoms with Crippen molar-refractivity contribution in [3.8, 4) is 0 Å². The van der Waals surface area contributed by atoms with Crippen LogP contribution in [0.4, 0.5) is 0 Å². The summed E-state index contributed by atoms with van der Waals surface area (Å²) >= 11 is 0. The van der Waals surface area contributed by atoms with Crippen LogP contribution in [0.5, 0.6) is 0 Å². The predicted octanol–water partition coefficient (Wildman–Crippen LogP) is 0.614. The van der Waals surface area contributed by atoms with E-state index in [0.29, 0.717) is 5.92 Å². The Balaban J connectivity index is 1.66. The summed E-state index contributed by atoms with van der Waals surface area (Å²) in [5, 5.41) is 6.26. The van der Waals surface area contributed by atoms with Gasteiger partial charge in [-0.2, -0.15) is 0 Å². The van der Waals surface area contributed by atoms with Gasteiger partial charge in [0.05, 0.1) is 0 Å². The minimum Gasteiger partial charge on any atom is -0.356 e. The zero-order valence-electron chi connectivity index (χ0n) is 9.05. The molecule has 2 N–H and O–H groups in total. The Bertz CT molecular complexity index is 225. The molecule has 1 aliphatic heterocycles. The highest BCUT2D eigenvalue weighted by atomic mass is 16.1. The molecule has 0 bridgehead atoms. The Morgan fingerprint density at radius 3 is 2.64 bits per heavy atom. The van der Waals surface area contributed by atoms with E-state index in [1.54, 1.807) is 0 Å². The molecule has 3 atom stereocenters. The molecule has 14 heavy (non-hydrogen) atoms. The molecule has 3 unspecified atom stereocenters. The number of rotatable bonds is 4. The first kappa shape index (κ1) is 9.97. The first-order valence-electron chi connectivity index (χ1n) is 5.67. The fourth-order valence-corrected chi connectivity index (χ4v) is 1.95. The van der Waals surface area contributed by atoms with Crippen LogP contribution < -0.4 is 10.6 Å². The smallest absolute Gasteiger partial charge is 0.223 e. The highest BCUT2D eigenvalue weighted by Crippen LogP contribution is 2.36. The van der Waals surface area contributed by atoms with E-state index in [-0.39, 0.29) is 11.8 Å². The van der Waals surface area contributed by atoms with Crippen LogP contribution in [-0.4, -0.2) is 25.5 Å². The van der Waals surface area contributed by atoms with Gasteiger partial charge in [-0.1, -0.05) is 13.8 Å². The maximum absolute atomic E-state index is 11.7. The van der Waals surface area contributed by atoms with Crippen molar-refractivity contribution in [3.63, 3.8) is 0 Å². The maximum atomic E-state index is 11.7. The molecule has 1 aliphatic carbocycles. The van der Waals surface area contributed by atoms with Crippen LogP contribution in [-0.2, 0) is 4.79 Å². The predicted molar refractivity (Wildman–Crippen MR) is 55.8 cm³/mol. The summed E-state index contributed by atoms with van der Waals surface area (Å²) in [4.78, 5) is 11.7. The van der Waals surface area contributed by atoms with E-state index < -0.39 is 0 Å². The molecule has 2 aliphatic rings. The lowest BCUT2D eigenvalue weighted by Crippen LogP contribution is -2.49. The van der Waals surface area contributed by atoms with Gasteiger partial charge in [-0.3, -0.25) is 4.79 Å². The Hall–Kier alpha value is -0.570. The molecule has 80 valence electrons. The fourth-order valence-electron chi connectivity index (χ4n) is 1.95. The Morgan fingerprint density at radius 2 is 2.21 bits per heavy atom. The first-order chi connectivity index (χ1) is 6.68. The van der Waals surface area contributed by atoms with Crippen LogP contribution in [0.1, 0.15) is 20.3 Å². The standard InChI is InChI=1S/C11H20N2O/c1-7-3-9(7)6-13-11(14)8(2)10-4-12-5-10/h7-10,12H,3-6H2,1-2H3,(H,13,14). The summed E-state index contributed by atoms with van der Waals surface area (Å²) in [5.41, 5.74) is 0. The number of carbonyl (C=O) groups excluding carboxylic acids is 1. The highest BCUT2D eigenvalue weighted by molar-refractivity contribution is 5.78. The van der Waals surface area contributed by atoms with Gasteiger partial charge < -0.3 is 10.6 Å². The average Bonchev–Trinajstić information content (AvgIpc) is 2.74. The molecule has 0 aromatic heterocycles. The molecule has 2 fully saturated rings. The summed E-state index contributed by atoms with van der Waals surface area (Å²) in [5.74, 6) is 2.58. The second kappa shape index (κ2) is 3.89. The highest BCUT2D eigenvalue weighted by Gasteiger charge is 2.34. The molecule has 0 aromatic carbocycles. The number of amides is 1. The van der Waals surface area contributed by atoms with Gasteiger partial charge in [0.15, 0.2) is 0 Å². The van der Waals surface area contributed by atoms with Gasteiger partial charge in [0, 0.05) is 12.5 Å². The molecular weight excluding hydrogens is 176 g/mol. The van der Waals surface area contributed by atoms with Crippen molar-refractivity contribution in [1.29, 1.82) is 0 Å². The van der Waals surface area contributed by atoms with Gasteiger partial charge in [0.1, 0.15) is 0 Å². The molecule has 1 saturated heterocycles. The van der Waals surface area contributed by atoms with E-state index in [9.17, 15) is 4.79 Å². The van der Waals surface area contributed by atoms with Crippen LogP contribution >= 0.6 is 0 Å². The minimum absolute atomic E-state index is 0.185. The minimum atomic E-state index is 0.185. The summed E-state index contributed by atoms with van der Waals surface area (Å²) < 4.78 is 0. The molecule has 0 spiro atoms. The summed E-state index contributed by atoms with van der Waals surface area (Å²) in [6, 6.07) is 0. The van der Waals surface area contributed by atoms with Gasteiger partial charge in [0.25, 0.3) is 0 Å². The molecule has 1 amide bonds. The van der Waals surface area contributed by atoms with E-state index >= 15 is 0 Å². The quantitative estimate of drug-likeness (QED) is 0.692. The fraction of sp³-hybridized carbons (Fsp3) is 0.909. The molecule has 1 saturated carbocycles. The van der Waals surface area contributed by atoms with Crippen LogP contribution in [0.15, 0.2) is 0 Å². The van der Waals surface area contributed by atoms with Crippen LogP contribution in [0.25, 0.3) is 0 Å². The summed E-state index contributed by atoms with van der Waals surface area (Å²) in [6.45, 7) is 7.20. The molecule has 1 heterocycles. The summed E-state index contributed by atoms with van der Waals surface area (Å²) in [6.07, 6.45) is 1.29. The largest absolute Gasteiger partial charge is 0.356 e. The van der Waals surface area contributed by atoms with Crippen molar-refractivity contribution < 1.29 is 4.79 Å². The number of nitrogens with one attached hydrogen (secondary N) is 2. The zero-order chi connectivity index (χ0) is 10.1. The number of carbonyl (C=O) groups is 1. The lowest BCUT2D eigenvalue weighted by molar-refractivity contribution is -0.126. The third kappa shape index (κ3) is 2.08. The van der Waals surface area contributed by atoms with Crippen molar-refractivity contribution in [2.24, 2.45) is 23.7 Å². The molecular formula is C11H20N2O. The average molecular weight is 196 g/mol. The van der Waals surface area contributed by atoms with Crippen LogP contribution in [0, 0.1) is 23.7 Å². The first-order valence-corrected chi connectivity index (χ1v) is 5.67. The third-order valence-corrected chi connectivity index (χ3v) is 3.75. The second-order valence-electron chi connectivity index (χ2n) is 4.93. The molecule has 0 aromatic rings. The van der Waals surface area contributed by atoms with Gasteiger partial charge in [-0.05, 0) is 37.3 Å². The number of hydrogen-bond acceptors (Lipinski definition) is 2. The maximum Gasteiger partial charge on any atom is 0.223 e. The summed E-state index contributed by atoms with van der Waals surface area (Å²) in [7, 11) is 0. The molecule has 3 nitrogen and oxygen atoms in total. The van der Waals surface area contributed by atoms with Gasteiger partial charge in [-0.25, -0.2) is 0 Å². The van der Waals surface area contributed by atoms with E-state index in [1.165, 1.54) is 6.42 Å². The lowest BCUT2D eigenvalue weighted by atomic mass is 9.88. The van der Waals surface area contributed by atoms with Crippen molar-refractivity contribution in [2.45, 2.75) is 20.3 Å². The topological polar surface area (TPSA) is 41.1 Å². The molecule has 3 heteroatoms. The van der Waals surface area contributed by atoms with E-state index in [4.69, 9.17) is 0 Å².